The van der Waals surface area contributed by atoms with Crippen molar-refractivity contribution in [1.82, 2.24) is 0 Å². The highest BCUT2D eigenvalue weighted by atomic mass is 32.1. The highest BCUT2D eigenvalue weighted by Gasteiger charge is 2.09. The fraction of sp³-hybridized carbons (Fsp3) is 0.222. The molecule has 0 aliphatic rings. The van der Waals surface area contributed by atoms with E-state index in [4.69, 9.17) is 10.6 Å². The van der Waals surface area contributed by atoms with Gasteiger partial charge in [0, 0.05) is 16.4 Å². The molecule has 78 valence electrons. The minimum Gasteiger partial charge on any atom is -0.478 e. The Kier molecular flexibility index (Phi) is 3.60. The Morgan fingerprint density at radius 3 is 2.80 bits per heavy atom. The van der Waals surface area contributed by atoms with Gasteiger partial charge in [-0.1, -0.05) is 5.11 Å². The molecule has 0 radical (unpaired) electrons. The number of hydrogen-bond donors (Lipinski definition) is 2. The summed E-state index contributed by atoms with van der Waals surface area (Å²) in [6.07, 6.45) is 0. The van der Waals surface area contributed by atoms with Gasteiger partial charge in [0.25, 0.3) is 0 Å². The zero-order valence-electron chi connectivity index (χ0n) is 8.01. The van der Waals surface area contributed by atoms with E-state index >= 15 is 0 Å². The quantitative estimate of drug-likeness (QED) is 0.357. The molecule has 0 bridgehead atoms. The van der Waals surface area contributed by atoms with Crippen molar-refractivity contribution < 1.29 is 9.90 Å². The van der Waals surface area contributed by atoms with Gasteiger partial charge in [0.05, 0.1) is 5.56 Å². The number of rotatable bonds is 3. The number of aromatic carboxylic acids is 1. The molecular formula is C9H9N3O2S. The maximum Gasteiger partial charge on any atom is 0.335 e. The first-order chi connectivity index (χ1) is 7.10. The maximum atomic E-state index is 10.8. The highest BCUT2D eigenvalue weighted by molar-refractivity contribution is 7.79. The third-order valence-electron chi connectivity index (χ3n) is 2.06. The first kappa shape index (κ1) is 11.4. The van der Waals surface area contributed by atoms with E-state index in [-0.39, 0.29) is 5.56 Å². The number of hydrogen-bond acceptors (Lipinski definition) is 3. The van der Waals surface area contributed by atoms with Crippen molar-refractivity contribution in [3.8, 4) is 0 Å². The minimum absolute atomic E-state index is 0.104. The summed E-state index contributed by atoms with van der Waals surface area (Å²) >= 11 is 4.08. The summed E-state index contributed by atoms with van der Waals surface area (Å²) in [6.45, 7) is 1.77. The summed E-state index contributed by atoms with van der Waals surface area (Å²) < 4.78 is 0. The third kappa shape index (κ3) is 2.43. The van der Waals surface area contributed by atoms with Crippen molar-refractivity contribution >= 4 is 24.3 Å². The lowest BCUT2D eigenvalue weighted by molar-refractivity contribution is 0.0697. The molecule has 0 amide bonds. The van der Waals surface area contributed by atoms with Crippen LogP contribution in [0.3, 0.4) is 0 Å². The largest absolute Gasteiger partial charge is 0.478 e. The van der Waals surface area contributed by atoms with Gasteiger partial charge in [-0.2, -0.15) is 12.6 Å². The Hall–Kier alpha value is -1.65. The topological polar surface area (TPSA) is 86.1 Å². The van der Waals surface area contributed by atoms with Crippen LogP contribution in [0.25, 0.3) is 10.4 Å². The normalized spacial score (nSPS) is 9.47. The van der Waals surface area contributed by atoms with Crippen LogP contribution in [-0.2, 0) is 5.75 Å². The van der Waals surface area contributed by atoms with Crippen molar-refractivity contribution in [3.63, 3.8) is 0 Å². The van der Waals surface area contributed by atoms with Gasteiger partial charge in [0.2, 0.25) is 0 Å². The summed E-state index contributed by atoms with van der Waals surface area (Å²) in [7, 11) is 0. The van der Waals surface area contributed by atoms with E-state index in [9.17, 15) is 4.79 Å². The molecule has 6 heteroatoms. The van der Waals surface area contributed by atoms with Gasteiger partial charge in [0.15, 0.2) is 0 Å². The Labute approximate surface area is 91.8 Å². The van der Waals surface area contributed by atoms with E-state index in [1.807, 2.05) is 0 Å². The van der Waals surface area contributed by atoms with Crippen LogP contribution >= 0.6 is 12.6 Å². The predicted molar refractivity (Wildman–Crippen MR) is 59.6 cm³/mol. The Bertz CT molecular complexity index is 453. The van der Waals surface area contributed by atoms with Crippen LogP contribution < -0.4 is 0 Å². The second-order valence-corrected chi connectivity index (χ2v) is 3.25. The number of carboxylic acids is 1. The van der Waals surface area contributed by atoms with Gasteiger partial charge < -0.3 is 5.11 Å². The molecule has 0 aromatic heterocycles. The molecule has 0 fully saturated rings. The average Bonchev–Trinajstić information content (AvgIpc) is 2.21. The van der Waals surface area contributed by atoms with Gasteiger partial charge in [-0.15, -0.1) is 0 Å². The van der Waals surface area contributed by atoms with Crippen LogP contribution in [0.1, 0.15) is 21.5 Å². The third-order valence-corrected chi connectivity index (χ3v) is 2.40. The van der Waals surface area contributed by atoms with Crippen molar-refractivity contribution in [2.45, 2.75) is 12.7 Å². The molecule has 5 nitrogen and oxygen atoms in total. The minimum atomic E-state index is -1.05. The zero-order chi connectivity index (χ0) is 11.4. The lowest BCUT2D eigenvalue weighted by Gasteiger charge is -2.07. The smallest absolute Gasteiger partial charge is 0.335 e. The fourth-order valence-corrected chi connectivity index (χ4v) is 1.53. The first-order valence-corrected chi connectivity index (χ1v) is 4.76. The molecule has 1 rings (SSSR count). The van der Waals surface area contributed by atoms with Gasteiger partial charge in [0.1, 0.15) is 0 Å². The van der Waals surface area contributed by atoms with E-state index in [0.29, 0.717) is 11.4 Å². The summed E-state index contributed by atoms with van der Waals surface area (Å²) in [6, 6.07) is 2.88. The molecule has 0 heterocycles. The number of carbonyl (C=O) groups is 1. The molecule has 1 N–H and O–H groups in total. The molecule has 15 heavy (non-hydrogen) atoms. The molecule has 0 saturated carbocycles. The molecule has 1 aromatic carbocycles. The summed E-state index contributed by atoms with van der Waals surface area (Å²) in [5.74, 6) is -0.645. The SMILES string of the molecule is Cc1c(CS)cc(C(=O)O)cc1N=[N+]=[N-]. The molecule has 0 aliphatic carbocycles. The maximum absolute atomic E-state index is 10.8. The average molecular weight is 223 g/mol. The van der Waals surface area contributed by atoms with Gasteiger partial charge >= 0.3 is 5.97 Å². The second-order valence-electron chi connectivity index (χ2n) is 2.93. The van der Waals surface area contributed by atoms with E-state index in [2.05, 4.69) is 22.7 Å². The van der Waals surface area contributed by atoms with Crippen LogP contribution in [0.5, 0.6) is 0 Å². The summed E-state index contributed by atoms with van der Waals surface area (Å²) in [4.78, 5) is 13.4. The number of thiol groups is 1. The fourth-order valence-electron chi connectivity index (χ4n) is 1.20. The zero-order valence-corrected chi connectivity index (χ0v) is 8.90. The Morgan fingerprint density at radius 1 is 1.67 bits per heavy atom. The first-order valence-electron chi connectivity index (χ1n) is 4.13. The molecule has 0 aliphatic heterocycles. The van der Waals surface area contributed by atoms with Crippen molar-refractivity contribution in [3.05, 3.63) is 39.3 Å². The number of nitrogens with zero attached hydrogens (tertiary/aromatic N) is 3. The van der Waals surface area contributed by atoms with Gasteiger partial charge in [-0.05, 0) is 35.7 Å². The monoisotopic (exact) mass is 223 g/mol. The van der Waals surface area contributed by atoms with Crippen LogP contribution in [-0.4, -0.2) is 11.1 Å². The van der Waals surface area contributed by atoms with Gasteiger partial charge in [-0.3, -0.25) is 0 Å². The van der Waals surface area contributed by atoms with Crippen LogP contribution in [0.2, 0.25) is 0 Å². The Balaban J connectivity index is 3.44. The van der Waals surface area contributed by atoms with E-state index in [0.717, 1.165) is 11.1 Å². The van der Waals surface area contributed by atoms with Crippen molar-refractivity contribution in [2.24, 2.45) is 5.11 Å². The summed E-state index contributed by atoms with van der Waals surface area (Å²) in [5, 5.41) is 12.3. The molecule has 0 atom stereocenters. The number of azide groups is 1. The molecule has 0 saturated heterocycles. The van der Waals surface area contributed by atoms with Crippen LogP contribution in [0.4, 0.5) is 5.69 Å². The second kappa shape index (κ2) is 4.72. The van der Waals surface area contributed by atoms with Crippen LogP contribution in [0.15, 0.2) is 17.2 Å². The number of benzene rings is 1. The van der Waals surface area contributed by atoms with E-state index in [1.165, 1.54) is 12.1 Å². The van der Waals surface area contributed by atoms with Crippen LogP contribution in [0, 0.1) is 6.92 Å². The highest BCUT2D eigenvalue weighted by Crippen LogP contribution is 2.25. The van der Waals surface area contributed by atoms with Gasteiger partial charge in [-0.25, -0.2) is 4.79 Å². The van der Waals surface area contributed by atoms with Crippen molar-refractivity contribution in [1.29, 1.82) is 0 Å². The van der Waals surface area contributed by atoms with Crippen molar-refractivity contribution in [2.75, 3.05) is 0 Å². The lowest BCUT2D eigenvalue weighted by atomic mass is 10.0. The molecule has 0 unspecified atom stereocenters. The lowest BCUT2D eigenvalue weighted by Crippen LogP contribution is -1.98. The standard InChI is InChI=1S/C9H9N3O2S/c1-5-7(4-15)2-6(9(13)14)3-8(5)11-12-10/h2-3,15H,4H2,1H3,(H,13,14). The van der Waals surface area contributed by atoms with E-state index in [1.54, 1.807) is 6.92 Å². The number of carboxylic acid groups (broad SMARTS) is 1. The van der Waals surface area contributed by atoms with E-state index < -0.39 is 5.97 Å². The molecule has 1 aromatic rings. The predicted octanol–water partition coefficient (Wildman–Crippen LogP) is 3.06. The molecular weight excluding hydrogens is 214 g/mol. The Morgan fingerprint density at radius 2 is 2.33 bits per heavy atom. The summed E-state index contributed by atoms with van der Waals surface area (Å²) in [5.41, 5.74) is 10.3. The molecule has 0 spiro atoms.